The van der Waals surface area contributed by atoms with Gasteiger partial charge in [0.2, 0.25) is 0 Å². The summed E-state index contributed by atoms with van der Waals surface area (Å²) in [5.74, 6) is -5.70. The molecule has 2 aliphatic rings. The maximum atomic E-state index is 13.8. The van der Waals surface area contributed by atoms with Crippen LogP contribution in [0.3, 0.4) is 0 Å². The van der Waals surface area contributed by atoms with Gasteiger partial charge in [-0.1, -0.05) is 0 Å². The Morgan fingerprint density at radius 3 is 2.50 bits per heavy atom. The first-order valence-corrected chi connectivity index (χ1v) is 9.70. The quantitative estimate of drug-likeness (QED) is 0.725. The molecule has 5 nitrogen and oxygen atoms in total. The van der Waals surface area contributed by atoms with Crippen LogP contribution in [0.25, 0.3) is 11.1 Å². The van der Waals surface area contributed by atoms with Crippen LogP contribution in [0.15, 0.2) is 30.6 Å². The molecule has 2 atom stereocenters. The molecule has 0 radical (unpaired) electrons. The Bertz CT molecular complexity index is 975. The lowest BCUT2D eigenvalue weighted by Gasteiger charge is -2.26. The number of pyridine rings is 1. The molecule has 2 heterocycles. The van der Waals surface area contributed by atoms with E-state index in [2.05, 4.69) is 10.3 Å². The molecular weight excluding hydrogens is 400 g/mol. The van der Waals surface area contributed by atoms with E-state index in [-0.39, 0.29) is 24.1 Å². The van der Waals surface area contributed by atoms with E-state index in [9.17, 15) is 22.4 Å². The Hall–Kier alpha value is -2.68. The molecule has 1 unspecified atom stereocenters. The van der Waals surface area contributed by atoms with E-state index in [1.165, 1.54) is 12.4 Å². The number of hydrogen-bond acceptors (Lipinski definition) is 4. The average molecular weight is 422 g/mol. The van der Waals surface area contributed by atoms with Crippen LogP contribution in [0.1, 0.15) is 30.1 Å². The molecule has 1 aromatic carbocycles. The third kappa shape index (κ3) is 4.12. The van der Waals surface area contributed by atoms with E-state index >= 15 is 0 Å². The van der Waals surface area contributed by atoms with E-state index in [1.807, 2.05) is 11.8 Å². The van der Waals surface area contributed by atoms with Gasteiger partial charge in [0.25, 0.3) is 11.8 Å². The van der Waals surface area contributed by atoms with Crippen molar-refractivity contribution in [3.8, 4) is 11.1 Å². The predicted molar refractivity (Wildman–Crippen MR) is 104 cm³/mol. The summed E-state index contributed by atoms with van der Waals surface area (Å²) in [6, 6.07) is 3.08. The normalized spacial score (nSPS) is 24.7. The zero-order chi connectivity index (χ0) is 21.7. The summed E-state index contributed by atoms with van der Waals surface area (Å²) in [6.45, 7) is 2.68. The van der Waals surface area contributed by atoms with Gasteiger partial charge in [0.1, 0.15) is 11.6 Å². The maximum Gasteiger partial charge on any atom is 0.254 e. The Morgan fingerprint density at radius 1 is 1.27 bits per heavy atom. The summed E-state index contributed by atoms with van der Waals surface area (Å²) in [6.07, 6.45) is 3.17. The summed E-state index contributed by atoms with van der Waals surface area (Å²) < 4.78 is 54.0. The van der Waals surface area contributed by atoms with E-state index < -0.39 is 34.9 Å². The van der Waals surface area contributed by atoms with E-state index in [0.717, 1.165) is 18.2 Å². The number of carbonyl (C=O) groups is 1. The molecule has 2 fully saturated rings. The largest absolute Gasteiger partial charge is 0.368 e. The number of nitrogens with zero attached hydrogens (tertiary/aromatic N) is 2. The molecule has 1 saturated heterocycles. The fourth-order valence-electron chi connectivity index (χ4n) is 3.86. The molecule has 1 aliphatic carbocycles. The lowest BCUT2D eigenvalue weighted by molar-refractivity contribution is 0.0895. The molecule has 0 spiro atoms. The topological polar surface area (TPSA) is 71.2 Å². The molecule has 3 N–H and O–H groups in total. The number of nitrogens with two attached hydrogens (primary N) is 1. The predicted octanol–water partition coefficient (Wildman–Crippen LogP) is 3.34. The summed E-state index contributed by atoms with van der Waals surface area (Å²) >= 11 is 0. The highest BCUT2D eigenvalue weighted by molar-refractivity contribution is 6.03. The number of alkyl halides is 2. The van der Waals surface area contributed by atoms with Crippen molar-refractivity contribution in [2.75, 3.05) is 24.5 Å². The second kappa shape index (κ2) is 7.23. The minimum atomic E-state index is -2.74. The number of hydrogen-bond donors (Lipinski definition) is 2. The smallest absolute Gasteiger partial charge is 0.254 e. The van der Waals surface area contributed by atoms with Crippen LogP contribution in [0.4, 0.5) is 23.2 Å². The van der Waals surface area contributed by atoms with Crippen molar-refractivity contribution in [2.24, 2.45) is 11.7 Å². The van der Waals surface area contributed by atoms with Crippen molar-refractivity contribution in [3.63, 3.8) is 0 Å². The standard InChI is InChI=1S/C21H22F4N4O/c1-20(26)2-3-29(11-20)18-16(12-4-14(22)6-15(23)5-12)9-27-10-17(18)19(30)28-8-13-7-21(13,24)25/h4-6,9-10,13H,2-3,7-8,11,26H2,1H3,(H,28,30)/t13?,20-/m0/s1. The molecule has 1 aromatic heterocycles. The van der Waals surface area contributed by atoms with E-state index in [4.69, 9.17) is 5.73 Å². The molecule has 1 amide bonds. The number of halogens is 4. The first kappa shape index (κ1) is 20.6. The molecule has 4 rings (SSSR count). The molecule has 30 heavy (non-hydrogen) atoms. The number of rotatable bonds is 5. The number of amides is 1. The first-order valence-electron chi connectivity index (χ1n) is 9.70. The van der Waals surface area contributed by atoms with Gasteiger partial charge in [-0.25, -0.2) is 17.6 Å². The van der Waals surface area contributed by atoms with E-state index in [1.54, 1.807) is 0 Å². The highest BCUT2D eigenvalue weighted by Crippen LogP contribution is 2.48. The van der Waals surface area contributed by atoms with Crippen molar-refractivity contribution >= 4 is 11.6 Å². The van der Waals surface area contributed by atoms with Crippen LogP contribution in [-0.2, 0) is 0 Å². The Morgan fingerprint density at radius 2 is 1.93 bits per heavy atom. The SMILES string of the molecule is C[C@]1(N)CCN(c2c(C(=O)NCC3CC3(F)F)cncc2-c2cc(F)cc(F)c2)C1. The summed E-state index contributed by atoms with van der Waals surface area (Å²) in [4.78, 5) is 18.8. The average Bonchev–Trinajstić information content (AvgIpc) is 3.11. The Labute approximate surface area is 171 Å². The highest BCUT2D eigenvalue weighted by atomic mass is 19.3. The van der Waals surface area contributed by atoms with E-state index in [0.29, 0.717) is 30.8 Å². The molecule has 1 saturated carbocycles. The third-order valence-electron chi connectivity index (χ3n) is 5.62. The number of anilines is 1. The summed E-state index contributed by atoms with van der Waals surface area (Å²) in [5, 5.41) is 2.54. The van der Waals surface area contributed by atoms with Crippen molar-refractivity contribution < 1.29 is 22.4 Å². The van der Waals surface area contributed by atoms with Gasteiger partial charge in [-0.05, 0) is 31.0 Å². The summed E-state index contributed by atoms with van der Waals surface area (Å²) in [7, 11) is 0. The zero-order valence-electron chi connectivity index (χ0n) is 16.4. The lowest BCUT2D eigenvalue weighted by Crippen LogP contribution is -2.39. The second-order valence-electron chi connectivity index (χ2n) is 8.44. The van der Waals surface area contributed by atoms with Crippen molar-refractivity contribution in [1.29, 1.82) is 0 Å². The zero-order valence-corrected chi connectivity index (χ0v) is 16.4. The van der Waals surface area contributed by atoms with Gasteiger partial charge in [0.15, 0.2) is 0 Å². The van der Waals surface area contributed by atoms with Gasteiger partial charge in [-0.15, -0.1) is 0 Å². The minimum Gasteiger partial charge on any atom is -0.368 e. The van der Waals surface area contributed by atoms with Crippen LogP contribution in [-0.4, -0.2) is 42.0 Å². The fourth-order valence-corrected chi connectivity index (χ4v) is 3.86. The molecule has 0 bridgehead atoms. The van der Waals surface area contributed by atoms with Gasteiger partial charge < -0.3 is 16.0 Å². The second-order valence-corrected chi connectivity index (χ2v) is 8.44. The third-order valence-corrected chi connectivity index (χ3v) is 5.62. The number of nitrogens with one attached hydrogen (secondary N) is 1. The number of aromatic nitrogens is 1. The first-order chi connectivity index (χ1) is 14.1. The minimum absolute atomic E-state index is 0.152. The van der Waals surface area contributed by atoms with Crippen LogP contribution in [0.2, 0.25) is 0 Å². The highest BCUT2D eigenvalue weighted by Gasteiger charge is 2.56. The van der Waals surface area contributed by atoms with Crippen LogP contribution in [0, 0.1) is 17.6 Å². The number of carbonyl (C=O) groups excluding carboxylic acids is 1. The summed E-state index contributed by atoms with van der Waals surface area (Å²) in [5.41, 5.74) is 6.92. The number of benzene rings is 1. The fraction of sp³-hybridized carbons (Fsp3) is 0.429. The molecule has 1 aliphatic heterocycles. The van der Waals surface area contributed by atoms with Gasteiger partial charge in [0, 0.05) is 61.5 Å². The monoisotopic (exact) mass is 422 g/mol. The van der Waals surface area contributed by atoms with Crippen molar-refractivity contribution in [2.45, 2.75) is 31.2 Å². The Kier molecular flexibility index (Phi) is 4.96. The molecule has 160 valence electrons. The Balaban J connectivity index is 1.73. The van der Waals surface area contributed by atoms with Gasteiger partial charge in [-0.3, -0.25) is 9.78 Å². The lowest BCUT2D eigenvalue weighted by atomic mass is 10.0. The van der Waals surface area contributed by atoms with Crippen LogP contribution in [0.5, 0.6) is 0 Å². The van der Waals surface area contributed by atoms with Crippen molar-refractivity contribution in [1.82, 2.24) is 10.3 Å². The molecule has 9 heteroatoms. The maximum absolute atomic E-state index is 13.8. The van der Waals surface area contributed by atoms with Gasteiger partial charge in [-0.2, -0.15) is 0 Å². The van der Waals surface area contributed by atoms with Gasteiger partial charge in [0.05, 0.1) is 11.3 Å². The van der Waals surface area contributed by atoms with Crippen LogP contribution < -0.4 is 16.0 Å². The van der Waals surface area contributed by atoms with Crippen LogP contribution >= 0.6 is 0 Å². The van der Waals surface area contributed by atoms with Gasteiger partial charge >= 0.3 is 0 Å². The van der Waals surface area contributed by atoms with Crippen molar-refractivity contribution in [3.05, 3.63) is 47.8 Å². The molecule has 2 aromatic rings. The molecular formula is C21H22F4N4O.